The lowest BCUT2D eigenvalue weighted by atomic mass is 9.70. The number of rotatable bonds is 7. The summed E-state index contributed by atoms with van der Waals surface area (Å²) < 4.78 is 4.78. The minimum Gasteiger partial charge on any atom is -0.310 e. The lowest BCUT2D eigenvalue weighted by molar-refractivity contribution is 0.794. The molecule has 0 saturated heterocycles. The third-order valence-corrected chi connectivity index (χ3v) is 16.5. The first kappa shape index (κ1) is 42.5. The number of hydrogen-bond donors (Lipinski definition) is 0. The van der Waals surface area contributed by atoms with Crippen molar-refractivity contribution in [1.29, 1.82) is 0 Å². The van der Waals surface area contributed by atoms with Crippen molar-refractivity contribution in [1.82, 2.24) is 9.13 Å². The van der Waals surface area contributed by atoms with Gasteiger partial charge in [0.05, 0.1) is 33.2 Å². The van der Waals surface area contributed by atoms with Gasteiger partial charge in [0, 0.05) is 49.9 Å². The van der Waals surface area contributed by atoms with Crippen LogP contribution in [-0.4, -0.2) is 9.13 Å². The van der Waals surface area contributed by atoms with Crippen molar-refractivity contribution in [2.75, 3.05) is 4.90 Å². The largest absolute Gasteiger partial charge is 0.310 e. The molecule has 76 heavy (non-hydrogen) atoms. The molecule has 354 valence electrons. The van der Waals surface area contributed by atoms with Crippen LogP contribution in [0, 0.1) is 0 Å². The van der Waals surface area contributed by atoms with Crippen LogP contribution in [0.5, 0.6) is 0 Å². The first-order valence-electron chi connectivity index (χ1n) is 26.3. The Morgan fingerprint density at radius 2 is 0.724 bits per heavy atom. The Morgan fingerprint density at radius 3 is 1.38 bits per heavy atom. The zero-order valence-electron chi connectivity index (χ0n) is 41.5. The molecule has 0 atom stereocenters. The van der Waals surface area contributed by atoms with Gasteiger partial charge >= 0.3 is 0 Å². The van der Waals surface area contributed by atoms with Crippen LogP contribution < -0.4 is 4.90 Å². The summed E-state index contributed by atoms with van der Waals surface area (Å²) in [6, 6.07) is 105. The lowest BCUT2D eigenvalue weighted by Gasteiger charge is -2.32. The Balaban J connectivity index is 0.879. The molecule has 0 radical (unpaired) electrons. The van der Waals surface area contributed by atoms with Gasteiger partial charge < -0.3 is 14.0 Å². The molecule has 14 aromatic rings. The standard InChI is InChI=1S/C73H47N3/c1-3-19-51(20-4-1)75-66-33-15-10-25-58(66)61-47-50(41-46-68(61)75)48-37-42-53(43-38-48)74(54-44-39-49(40-45-54)55-28-17-35-69-71(55)60-27-11-16-34-67(60)76(69)52-21-5-2-6-22-52)70-36-18-32-65-72(70)59-26-9-14-31-64(59)73(65)62-29-12-7-23-56(62)57-24-8-13-30-63(57)73/h1-47H. The van der Waals surface area contributed by atoms with E-state index in [-0.39, 0.29) is 0 Å². The van der Waals surface area contributed by atoms with Crippen molar-refractivity contribution in [2.24, 2.45) is 0 Å². The van der Waals surface area contributed by atoms with Gasteiger partial charge in [0.25, 0.3) is 0 Å². The fourth-order valence-corrected chi connectivity index (χ4v) is 13.5. The van der Waals surface area contributed by atoms with E-state index >= 15 is 0 Å². The average molecular weight is 966 g/mol. The molecule has 12 aromatic carbocycles. The maximum atomic E-state index is 2.49. The zero-order chi connectivity index (χ0) is 49.9. The predicted octanol–water partition coefficient (Wildman–Crippen LogP) is 19.0. The highest BCUT2D eigenvalue weighted by atomic mass is 15.1. The number of nitrogens with zero attached hydrogens (tertiary/aromatic N) is 3. The first-order valence-corrected chi connectivity index (χ1v) is 26.3. The van der Waals surface area contributed by atoms with E-state index in [0.717, 1.165) is 28.4 Å². The molecule has 3 heteroatoms. The normalized spacial score (nSPS) is 12.8. The van der Waals surface area contributed by atoms with Gasteiger partial charge in [0.1, 0.15) is 0 Å². The van der Waals surface area contributed by atoms with Gasteiger partial charge in [0.2, 0.25) is 0 Å². The fraction of sp³-hybridized carbons (Fsp3) is 0.0137. The van der Waals surface area contributed by atoms with Crippen LogP contribution in [-0.2, 0) is 5.41 Å². The molecule has 2 aliphatic carbocycles. The van der Waals surface area contributed by atoms with E-state index < -0.39 is 5.41 Å². The summed E-state index contributed by atoms with van der Waals surface area (Å²) in [5.74, 6) is 0. The fourth-order valence-electron chi connectivity index (χ4n) is 13.5. The third-order valence-electron chi connectivity index (χ3n) is 16.5. The Labute approximate surface area is 441 Å². The van der Waals surface area contributed by atoms with Gasteiger partial charge in [-0.05, 0) is 146 Å². The first-order chi connectivity index (χ1) is 37.7. The summed E-state index contributed by atoms with van der Waals surface area (Å²) in [5, 5.41) is 4.98. The average Bonchev–Trinajstić information content (AvgIpc) is 4.38. The maximum absolute atomic E-state index is 2.49. The summed E-state index contributed by atoms with van der Waals surface area (Å²) in [7, 11) is 0. The molecule has 3 nitrogen and oxygen atoms in total. The molecule has 0 fully saturated rings. The molecule has 0 N–H and O–H groups in total. The molecule has 0 saturated carbocycles. The number of fused-ring (bicyclic) bond motifs is 16. The van der Waals surface area contributed by atoms with Crippen molar-refractivity contribution in [3.63, 3.8) is 0 Å². The highest BCUT2D eigenvalue weighted by Crippen LogP contribution is 2.64. The van der Waals surface area contributed by atoms with Crippen LogP contribution in [0.15, 0.2) is 285 Å². The molecule has 16 rings (SSSR count). The minimum atomic E-state index is -0.464. The maximum Gasteiger partial charge on any atom is 0.0726 e. The molecule has 2 heterocycles. The molecule has 0 amide bonds. The molecule has 1 spiro atoms. The highest BCUT2D eigenvalue weighted by Gasteiger charge is 2.52. The Bertz CT molecular complexity index is 4570. The second-order valence-electron chi connectivity index (χ2n) is 20.3. The van der Waals surface area contributed by atoms with E-state index in [2.05, 4.69) is 299 Å². The van der Waals surface area contributed by atoms with Crippen molar-refractivity contribution in [3.8, 4) is 55.9 Å². The Kier molecular flexibility index (Phi) is 9.25. The second kappa shape index (κ2) is 16.5. The van der Waals surface area contributed by atoms with Crippen molar-refractivity contribution in [2.45, 2.75) is 5.41 Å². The summed E-state index contributed by atoms with van der Waals surface area (Å²) in [5.41, 5.74) is 25.2. The van der Waals surface area contributed by atoms with Crippen LogP contribution in [0.3, 0.4) is 0 Å². The Morgan fingerprint density at radius 1 is 0.276 bits per heavy atom. The molecule has 2 aromatic heterocycles. The van der Waals surface area contributed by atoms with Crippen molar-refractivity contribution >= 4 is 60.7 Å². The second-order valence-corrected chi connectivity index (χ2v) is 20.3. The number of anilines is 3. The van der Waals surface area contributed by atoms with E-state index in [9.17, 15) is 0 Å². The molecule has 0 aliphatic heterocycles. The van der Waals surface area contributed by atoms with Crippen molar-refractivity contribution < 1.29 is 0 Å². The minimum absolute atomic E-state index is 0.464. The van der Waals surface area contributed by atoms with Gasteiger partial charge in [-0.2, -0.15) is 0 Å². The molecular weight excluding hydrogens is 919 g/mol. The van der Waals surface area contributed by atoms with Gasteiger partial charge in [0.15, 0.2) is 0 Å². The topological polar surface area (TPSA) is 13.1 Å². The van der Waals surface area contributed by atoms with Gasteiger partial charge in [-0.25, -0.2) is 0 Å². The predicted molar refractivity (Wildman–Crippen MR) is 317 cm³/mol. The van der Waals surface area contributed by atoms with Crippen LogP contribution in [0.2, 0.25) is 0 Å². The van der Waals surface area contributed by atoms with Crippen LogP contribution in [0.4, 0.5) is 17.1 Å². The quantitative estimate of drug-likeness (QED) is 0.155. The lowest BCUT2D eigenvalue weighted by Crippen LogP contribution is -2.26. The van der Waals surface area contributed by atoms with E-state index in [1.54, 1.807) is 0 Å². The molecule has 2 aliphatic rings. The monoisotopic (exact) mass is 965 g/mol. The number of hydrogen-bond acceptors (Lipinski definition) is 1. The van der Waals surface area contributed by atoms with Crippen LogP contribution >= 0.6 is 0 Å². The molecule has 0 bridgehead atoms. The molecule has 0 unspecified atom stereocenters. The van der Waals surface area contributed by atoms with Gasteiger partial charge in [-0.3, -0.25) is 0 Å². The Hall–Kier alpha value is -9.96. The summed E-state index contributed by atoms with van der Waals surface area (Å²) in [6.07, 6.45) is 0. The summed E-state index contributed by atoms with van der Waals surface area (Å²) >= 11 is 0. The highest BCUT2D eigenvalue weighted by molar-refractivity contribution is 6.16. The third kappa shape index (κ3) is 5.99. The number of para-hydroxylation sites is 4. The van der Waals surface area contributed by atoms with Gasteiger partial charge in [-0.15, -0.1) is 0 Å². The summed E-state index contributed by atoms with van der Waals surface area (Å²) in [4.78, 5) is 2.49. The van der Waals surface area contributed by atoms with E-state index in [1.807, 2.05) is 0 Å². The SMILES string of the molecule is c1ccc(-n2c3ccccc3c3cc(-c4ccc(N(c5ccc(-c6cccc7c6c6ccccc6n7-c6ccccc6)cc5)c5cccc6c5-c5ccccc5C65c6ccccc6-c6ccccc65)cc4)ccc32)cc1. The smallest absolute Gasteiger partial charge is 0.0726 e. The van der Waals surface area contributed by atoms with Crippen LogP contribution in [0.1, 0.15) is 22.3 Å². The summed E-state index contributed by atoms with van der Waals surface area (Å²) in [6.45, 7) is 0. The van der Waals surface area contributed by atoms with Crippen molar-refractivity contribution in [3.05, 3.63) is 307 Å². The zero-order valence-corrected chi connectivity index (χ0v) is 41.5. The number of benzene rings is 12. The van der Waals surface area contributed by atoms with E-state index in [1.165, 1.54) is 110 Å². The van der Waals surface area contributed by atoms with Gasteiger partial charge in [-0.1, -0.05) is 200 Å². The van der Waals surface area contributed by atoms with E-state index in [0.29, 0.717) is 0 Å². The van der Waals surface area contributed by atoms with E-state index in [4.69, 9.17) is 0 Å². The molecular formula is C73H47N3. The number of aromatic nitrogens is 2. The van der Waals surface area contributed by atoms with Crippen LogP contribution in [0.25, 0.3) is 99.5 Å².